The van der Waals surface area contributed by atoms with E-state index in [2.05, 4.69) is 39.4 Å². The molecule has 2 amide bonds. The lowest BCUT2D eigenvalue weighted by Crippen LogP contribution is -2.51. The molecule has 1 N–H and O–H groups in total. The van der Waals surface area contributed by atoms with Crippen LogP contribution in [0, 0.1) is 6.92 Å². The fourth-order valence-corrected chi connectivity index (χ4v) is 5.93. The standard InChI is InChI=1S/C31H34ClN5O2/c1-22-4-7-26(8-5-22)34-31(38)37-13-11-36(12-14-37)30-27-9-6-25(32)20-28(27)24(21-35-15-17-39-18-16-35)19-23-3-2-10-33-29(23)30/h2-10,19-20,30H,11-18,21H2,1H3,(H,34,38). The number of hydrogen-bond acceptors (Lipinski definition) is 5. The predicted octanol–water partition coefficient (Wildman–Crippen LogP) is 5.17. The molecule has 1 atom stereocenters. The van der Waals surface area contributed by atoms with E-state index in [4.69, 9.17) is 21.3 Å². The topological polar surface area (TPSA) is 60.9 Å². The maximum atomic E-state index is 13.0. The van der Waals surface area contributed by atoms with Crippen molar-refractivity contribution in [2.24, 2.45) is 0 Å². The summed E-state index contributed by atoms with van der Waals surface area (Å²) in [6.07, 6.45) is 4.17. The number of benzene rings is 2. The summed E-state index contributed by atoms with van der Waals surface area (Å²) in [6, 6.07) is 18.3. The molecule has 3 aliphatic rings. The lowest BCUT2D eigenvalue weighted by molar-refractivity contribution is 0.0444. The first-order valence-corrected chi connectivity index (χ1v) is 14.0. The monoisotopic (exact) mass is 543 g/mol. The molecule has 1 unspecified atom stereocenters. The molecule has 1 aromatic heterocycles. The van der Waals surface area contributed by atoms with Crippen LogP contribution in [0.5, 0.6) is 0 Å². The number of ether oxygens (including phenoxy) is 1. The van der Waals surface area contributed by atoms with Gasteiger partial charge in [0.15, 0.2) is 0 Å². The van der Waals surface area contributed by atoms with Crippen molar-refractivity contribution in [3.8, 4) is 0 Å². The van der Waals surface area contributed by atoms with Gasteiger partial charge < -0.3 is 15.0 Å². The second-order valence-corrected chi connectivity index (χ2v) is 10.9. The molecule has 1 aliphatic carbocycles. The molecular formula is C31H34ClN5O2. The number of aryl methyl sites for hydroxylation is 1. The Morgan fingerprint density at radius 1 is 1.03 bits per heavy atom. The van der Waals surface area contributed by atoms with E-state index in [0.29, 0.717) is 13.1 Å². The summed E-state index contributed by atoms with van der Waals surface area (Å²) >= 11 is 6.57. The van der Waals surface area contributed by atoms with Crippen LogP contribution >= 0.6 is 11.6 Å². The Bertz CT molecular complexity index is 1360. The average Bonchev–Trinajstić information content (AvgIpc) is 3.09. The van der Waals surface area contributed by atoms with E-state index in [1.807, 2.05) is 54.4 Å². The number of rotatable bonds is 4. The van der Waals surface area contributed by atoms with Crippen molar-refractivity contribution in [1.82, 2.24) is 19.7 Å². The smallest absolute Gasteiger partial charge is 0.321 e. The largest absolute Gasteiger partial charge is 0.379 e. The highest BCUT2D eigenvalue weighted by molar-refractivity contribution is 6.30. The SMILES string of the molecule is Cc1ccc(NC(=O)N2CCN(C3c4ccc(Cl)cc4C(CN4CCOCC4)=Cc4cccnc43)CC2)cc1. The molecule has 39 heavy (non-hydrogen) atoms. The van der Waals surface area contributed by atoms with E-state index in [1.165, 1.54) is 22.3 Å². The van der Waals surface area contributed by atoms with Gasteiger partial charge >= 0.3 is 6.03 Å². The maximum Gasteiger partial charge on any atom is 0.321 e. The number of carbonyl (C=O) groups is 1. The number of hydrogen-bond donors (Lipinski definition) is 1. The molecule has 2 aromatic carbocycles. The molecule has 7 nitrogen and oxygen atoms in total. The quantitative estimate of drug-likeness (QED) is 0.492. The van der Waals surface area contributed by atoms with E-state index in [0.717, 1.165) is 67.9 Å². The van der Waals surface area contributed by atoms with Crippen LogP contribution in [-0.4, -0.2) is 84.7 Å². The third-order valence-electron chi connectivity index (χ3n) is 7.88. The van der Waals surface area contributed by atoms with Crippen LogP contribution in [0.15, 0.2) is 60.8 Å². The van der Waals surface area contributed by atoms with Gasteiger partial charge in [0.2, 0.25) is 0 Å². The molecule has 6 rings (SSSR count). The number of amides is 2. The number of urea groups is 1. The Hall–Kier alpha value is -3.23. The second kappa shape index (κ2) is 11.5. The van der Waals surface area contributed by atoms with Gasteiger partial charge in [-0.3, -0.25) is 14.8 Å². The minimum atomic E-state index is -0.0560. The summed E-state index contributed by atoms with van der Waals surface area (Å²) in [7, 11) is 0. The molecule has 8 heteroatoms. The zero-order chi connectivity index (χ0) is 26.8. The highest BCUT2D eigenvalue weighted by Crippen LogP contribution is 2.40. The highest BCUT2D eigenvalue weighted by Gasteiger charge is 2.34. The molecule has 0 radical (unpaired) electrons. The number of nitrogens with zero attached hydrogens (tertiary/aromatic N) is 4. The number of pyridine rings is 1. The molecule has 3 aromatic rings. The number of aromatic nitrogens is 1. The van der Waals surface area contributed by atoms with Crippen LogP contribution in [0.1, 0.15) is 34.0 Å². The van der Waals surface area contributed by atoms with Gasteiger partial charge in [0.25, 0.3) is 0 Å². The molecule has 202 valence electrons. The Morgan fingerprint density at radius 3 is 2.56 bits per heavy atom. The molecule has 2 aliphatic heterocycles. The van der Waals surface area contributed by atoms with Crippen molar-refractivity contribution in [1.29, 1.82) is 0 Å². The molecule has 2 saturated heterocycles. The van der Waals surface area contributed by atoms with Crippen molar-refractivity contribution in [3.63, 3.8) is 0 Å². The normalized spacial score (nSPS) is 20.0. The third kappa shape index (κ3) is 5.72. The number of carbonyl (C=O) groups excluding carboxylic acids is 1. The van der Waals surface area contributed by atoms with E-state index in [1.54, 1.807) is 0 Å². The van der Waals surface area contributed by atoms with Crippen LogP contribution < -0.4 is 5.32 Å². The molecule has 0 bridgehead atoms. The minimum absolute atomic E-state index is 0.0192. The zero-order valence-electron chi connectivity index (χ0n) is 22.3. The summed E-state index contributed by atoms with van der Waals surface area (Å²) in [5.74, 6) is 0. The number of piperazine rings is 1. The fourth-order valence-electron chi connectivity index (χ4n) is 5.76. The van der Waals surface area contributed by atoms with Crippen molar-refractivity contribution in [2.45, 2.75) is 13.0 Å². The summed E-state index contributed by atoms with van der Waals surface area (Å²) in [5.41, 5.74) is 7.82. The zero-order valence-corrected chi connectivity index (χ0v) is 23.0. The van der Waals surface area contributed by atoms with E-state index >= 15 is 0 Å². The Balaban J connectivity index is 1.26. The van der Waals surface area contributed by atoms with Crippen molar-refractivity contribution in [3.05, 3.63) is 93.8 Å². The first-order chi connectivity index (χ1) is 19.0. The minimum Gasteiger partial charge on any atom is -0.379 e. The Kier molecular flexibility index (Phi) is 7.66. The number of halogens is 1. The molecule has 0 spiro atoms. The van der Waals surface area contributed by atoms with Gasteiger partial charge in [-0.1, -0.05) is 41.4 Å². The first-order valence-electron chi connectivity index (χ1n) is 13.7. The molecule has 3 heterocycles. The van der Waals surface area contributed by atoms with Crippen LogP contribution in [-0.2, 0) is 4.74 Å². The Morgan fingerprint density at radius 2 is 1.79 bits per heavy atom. The maximum absolute atomic E-state index is 13.0. The van der Waals surface area contributed by atoms with Gasteiger partial charge in [-0.05, 0) is 65.6 Å². The summed E-state index contributed by atoms with van der Waals surface area (Å²) in [5, 5.41) is 3.78. The summed E-state index contributed by atoms with van der Waals surface area (Å²) < 4.78 is 5.59. The summed E-state index contributed by atoms with van der Waals surface area (Å²) in [6.45, 7) is 9.04. The number of morpholine rings is 1. The number of nitrogens with one attached hydrogen (secondary N) is 1. The van der Waals surface area contributed by atoms with Crippen LogP contribution in [0.4, 0.5) is 10.5 Å². The van der Waals surface area contributed by atoms with E-state index in [-0.39, 0.29) is 12.1 Å². The van der Waals surface area contributed by atoms with Gasteiger partial charge in [-0.15, -0.1) is 0 Å². The van der Waals surface area contributed by atoms with Crippen molar-refractivity contribution < 1.29 is 9.53 Å². The van der Waals surface area contributed by atoms with Crippen LogP contribution in [0.3, 0.4) is 0 Å². The summed E-state index contributed by atoms with van der Waals surface area (Å²) in [4.78, 5) is 24.7. The fraction of sp³-hybridized carbons (Fsp3) is 0.355. The Labute approximate surface area is 235 Å². The van der Waals surface area contributed by atoms with Gasteiger partial charge in [-0.2, -0.15) is 0 Å². The molecule has 2 fully saturated rings. The van der Waals surface area contributed by atoms with Crippen LogP contribution in [0.2, 0.25) is 5.02 Å². The molecule has 0 saturated carbocycles. The predicted molar refractivity (Wildman–Crippen MR) is 156 cm³/mol. The van der Waals surface area contributed by atoms with Crippen molar-refractivity contribution in [2.75, 3.05) is 64.3 Å². The highest BCUT2D eigenvalue weighted by atomic mass is 35.5. The van der Waals surface area contributed by atoms with Crippen LogP contribution in [0.25, 0.3) is 11.6 Å². The average molecular weight is 544 g/mol. The lowest BCUT2D eigenvalue weighted by Gasteiger charge is -2.39. The van der Waals surface area contributed by atoms with Gasteiger partial charge in [0.1, 0.15) is 0 Å². The second-order valence-electron chi connectivity index (χ2n) is 10.5. The van der Waals surface area contributed by atoms with E-state index < -0.39 is 0 Å². The number of fused-ring (bicyclic) bond motifs is 2. The van der Waals surface area contributed by atoms with Gasteiger partial charge in [0, 0.05) is 62.7 Å². The molecular weight excluding hydrogens is 510 g/mol. The van der Waals surface area contributed by atoms with Crippen molar-refractivity contribution >= 4 is 35.0 Å². The van der Waals surface area contributed by atoms with E-state index in [9.17, 15) is 4.79 Å². The third-order valence-corrected chi connectivity index (χ3v) is 8.12. The lowest BCUT2D eigenvalue weighted by atomic mass is 9.93. The number of anilines is 1. The first kappa shape index (κ1) is 26.0. The van der Waals surface area contributed by atoms with Gasteiger partial charge in [0.05, 0.1) is 24.9 Å². The van der Waals surface area contributed by atoms with Gasteiger partial charge in [-0.25, -0.2) is 4.79 Å².